The molecule has 0 aliphatic carbocycles. The van der Waals surface area contributed by atoms with E-state index in [2.05, 4.69) is 10.3 Å². The van der Waals surface area contributed by atoms with Gasteiger partial charge >= 0.3 is 11.9 Å². The van der Waals surface area contributed by atoms with Gasteiger partial charge in [-0.25, -0.2) is 9.78 Å². The van der Waals surface area contributed by atoms with Crippen molar-refractivity contribution in [3.63, 3.8) is 0 Å². The summed E-state index contributed by atoms with van der Waals surface area (Å²) in [4.78, 5) is 42.2. The highest BCUT2D eigenvalue weighted by Gasteiger charge is 2.32. The van der Waals surface area contributed by atoms with Crippen LogP contribution in [0, 0.1) is 0 Å². The summed E-state index contributed by atoms with van der Waals surface area (Å²) < 4.78 is 5.75. The lowest BCUT2D eigenvalue weighted by molar-refractivity contribution is -0.145. The molecule has 0 saturated carbocycles. The molecule has 0 fully saturated rings. The van der Waals surface area contributed by atoms with Crippen LogP contribution in [0.2, 0.25) is 5.02 Å². The number of fused-ring (bicyclic) bond motifs is 2. The van der Waals surface area contributed by atoms with E-state index in [1.54, 1.807) is 35.2 Å². The monoisotopic (exact) mass is 571 g/mol. The lowest BCUT2D eigenvalue weighted by Gasteiger charge is -2.35. The van der Waals surface area contributed by atoms with Crippen molar-refractivity contribution in [2.75, 3.05) is 23.3 Å². The number of anilines is 2. The lowest BCUT2D eigenvalue weighted by Crippen LogP contribution is -2.45. The first kappa shape index (κ1) is 27.7. The van der Waals surface area contributed by atoms with Crippen LogP contribution in [0.3, 0.4) is 0 Å². The second-order valence-electron chi connectivity index (χ2n) is 9.52. The number of hydrogen-bond donors (Lipinski definition) is 3. The smallest absolute Gasteiger partial charge is 0.346 e. The first-order valence-electron chi connectivity index (χ1n) is 12.9. The number of hydrogen-bond acceptors (Lipinski definition) is 6. The number of pyridine rings is 1. The van der Waals surface area contributed by atoms with E-state index in [0.717, 1.165) is 22.2 Å². The molecule has 41 heavy (non-hydrogen) atoms. The molecule has 10 heteroatoms. The Hall–Kier alpha value is -4.89. The Kier molecular flexibility index (Phi) is 8.16. The molecule has 3 N–H and O–H groups in total. The maximum Gasteiger partial charge on any atom is 0.346 e. The van der Waals surface area contributed by atoms with Crippen molar-refractivity contribution in [2.45, 2.75) is 18.9 Å². The molecule has 1 amide bonds. The van der Waals surface area contributed by atoms with E-state index in [0.29, 0.717) is 34.9 Å². The Morgan fingerprint density at radius 3 is 2.56 bits per heavy atom. The summed E-state index contributed by atoms with van der Waals surface area (Å²) in [6.07, 6.45) is 2.91. The van der Waals surface area contributed by atoms with Gasteiger partial charge in [0.25, 0.3) is 5.91 Å². The Balaban J connectivity index is 1.30. The number of ether oxygens (including phenoxy) is 1. The third kappa shape index (κ3) is 6.64. The first-order chi connectivity index (χ1) is 19.8. The van der Waals surface area contributed by atoms with Gasteiger partial charge in [-0.15, -0.1) is 0 Å². The van der Waals surface area contributed by atoms with Gasteiger partial charge in [0.15, 0.2) is 5.75 Å². The van der Waals surface area contributed by atoms with Crippen LogP contribution in [0.4, 0.5) is 11.4 Å². The number of carboxylic acids is 2. The topological polar surface area (TPSA) is 129 Å². The first-order valence-corrected chi connectivity index (χ1v) is 13.3. The molecule has 0 radical (unpaired) electrons. The van der Waals surface area contributed by atoms with Crippen molar-refractivity contribution in [1.82, 2.24) is 4.98 Å². The van der Waals surface area contributed by atoms with Gasteiger partial charge in [-0.1, -0.05) is 48.0 Å². The number of nitrogens with zero attached hydrogens (tertiary/aromatic N) is 2. The number of para-hydroxylation sites is 1. The molecule has 5 rings (SSSR count). The van der Waals surface area contributed by atoms with Crippen molar-refractivity contribution in [1.29, 1.82) is 0 Å². The summed E-state index contributed by atoms with van der Waals surface area (Å²) in [6.45, 7) is 0.401. The van der Waals surface area contributed by atoms with E-state index < -0.39 is 18.0 Å². The minimum Gasteiger partial charge on any atom is -0.481 e. The zero-order chi connectivity index (χ0) is 28.9. The maximum atomic E-state index is 13.1. The molecule has 1 atom stereocenters. The Bertz CT molecular complexity index is 1650. The Labute approximate surface area is 240 Å². The van der Waals surface area contributed by atoms with Crippen LogP contribution in [-0.2, 0) is 9.59 Å². The molecule has 208 valence electrons. The van der Waals surface area contributed by atoms with Crippen molar-refractivity contribution in [3.05, 3.63) is 94.6 Å². The van der Waals surface area contributed by atoms with Gasteiger partial charge < -0.3 is 25.2 Å². The lowest BCUT2D eigenvalue weighted by atomic mass is 10.1. The van der Waals surface area contributed by atoms with Crippen molar-refractivity contribution in [3.8, 4) is 5.75 Å². The third-order valence-electron chi connectivity index (χ3n) is 6.62. The largest absolute Gasteiger partial charge is 0.481 e. The summed E-state index contributed by atoms with van der Waals surface area (Å²) in [5, 5.41) is 23.0. The molecule has 0 bridgehead atoms. The normalized spacial score (nSPS) is 14.5. The van der Waals surface area contributed by atoms with Gasteiger partial charge in [0.05, 0.1) is 29.1 Å². The van der Waals surface area contributed by atoms with Gasteiger partial charge in [0, 0.05) is 28.9 Å². The van der Waals surface area contributed by atoms with Crippen LogP contribution < -0.4 is 15.0 Å². The predicted molar refractivity (Wildman–Crippen MR) is 158 cm³/mol. The quantitative estimate of drug-likeness (QED) is 0.229. The molecule has 1 unspecified atom stereocenters. The van der Waals surface area contributed by atoms with Gasteiger partial charge in [-0.2, -0.15) is 0 Å². The fourth-order valence-electron chi connectivity index (χ4n) is 4.56. The Morgan fingerprint density at radius 2 is 1.80 bits per heavy atom. The average Bonchev–Trinajstić information content (AvgIpc) is 2.96. The van der Waals surface area contributed by atoms with E-state index in [9.17, 15) is 19.5 Å². The number of carbonyl (C=O) groups is 3. The summed E-state index contributed by atoms with van der Waals surface area (Å²) in [6, 6.07) is 21.6. The van der Waals surface area contributed by atoms with Gasteiger partial charge in [0.1, 0.15) is 0 Å². The standard InChI is InChI=1S/C31H26ClN3O6/c32-22-13-11-20-12-15-23(33-25(20)17-22)14-8-19-6-9-21(10-7-19)30(38)34-24-3-1-4-26-29(24)41-27(31(39)40)18-35(26)16-2-5-28(36)37/h1,3-4,6-15,17,27H,2,5,16,18H2,(H,34,38)(H,36,37)(H,39,40). The molecular weight excluding hydrogens is 546 g/mol. The molecule has 1 aromatic heterocycles. The van der Waals surface area contributed by atoms with Crippen LogP contribution >= 0.6 is 11.6 Å². The zero-order valence-corrected chi connectivity index (χ0v) is 22.5. The third-order valence-corrected chi connectivity index (χ3v) is 6.85. The average molecular weight is 572 g/mol. The Morgan fingerprint density at radius 1 is 1.02 bits per heavy atom. The predicted octanol–water partition coefficient (Wildman–Crippen LogP) is 5.83. The highest BCUT2D eigenvalue weighted by molar-refractivity contribution is 6.31. The van der Waals surface area contributed by atoms with E-state index in [1.807, 2.05) is 54.6 Å². The van der Waals surface area contributed by atoms with Gasteiger partial charge in [-0.3, -0.25) is 9.59 Å². The van der Waals surface area contributed by atoms with E-state index >= 15 is 0 Å². The number of carboxylic acid groups (broad SMARTS) is 2. The van der Waals surface area contributed by atoms with Gasteiger partial charge in [-0.05, 0) is 60.5 Å². The summed E-state index contributed by atoms with van der Waals surface area (Å²) in [7, 11) is 0. The molecule has 0 spiro atoms. The zero-order valence-electron chi connectivity index (χ0n) is 21.8. The molecule has 0 saturated heterocycles. The van der Waals surface area contributed by atoms with Crippen LogP contribution in [0.1, 0.15) is 34.5 Å². The highest BCUT2D eigenvalue weighted by atomic mass is 35.5. The molecule has 1 aliphatic heterocycles. The number of aliphatic carboxylic acids is 2. The molecule has 1 aliphatic rings. The van der Waals surface area contributed by atoms with Crippen LogP contribution in [0.25, 0.3) is 23.1 Å². The van der Waals surface area contributed by atoms with Gasteiger partial charge in [0.2, 0.25) is 6.10 Å². The SMILES string of the molecule is O=C(O)CCCN1CC(C(=O)O)Oc2c(NC(=O)c3ccc(C=Cc4ccc5ccc(Cl)cc5n4)cc3)cccc21. The summed E-state index contributed by atoms with van der Waals surface area (Å²) >= 11 is 6.08. The van der Waals surface area contributed by atoms with Crippen molar-refractivity contribution in [2.24, 2.45) is 0 Å². The number of carbonyl (C=O) groups excluding carboxylic acids is 1. The summed E-state index contributed by atoms with van der Waals surface area (Å²) in [5.41, 5.74) is 3.77. The van der Waals surface area contributed by atoms with E-state index in [4.69, 9.17) is 21.4 Å². The number of rotatable bonds is 9. The molecule has 3 aromatic carbocycles. The minimum absolute atomic E-state index is 0.0420. The minimum atomic E-state index is -1.16. The van der Waals surface area contributed by atoms with Crippen LogP contribution in [-0.4, -0.2) is 52.2 Å². The van der Waals surface area contributed by atoms with Crippen LogP contribution in [0.5, 0.6) is 5.75 Å². The second kappa shape index (κ2) is 12.1. The number of amides is 1. The fraction of sp³-hybridized carbons (Fsp3) is 0.161. The maximum absolute atomic E-state index is 13.1. The second-order valence-corrected chi connectivity index (χ2v) is 9.96. The molecule has 2 heterocycles. The van der Waals surface area contributed by atoms with Crippen molar-refractivity contribution < 1.29 is 29.3 Å². The number of benzene rings is 3. The van der Waals surface area contributed by atoms with Crippen molar-refractivity contribution >= 4 is 63.9 Å². The van der Waals surface area contributed by atoms with E-state index in [1.165, 1.54) is 0 Å². The summed E-state index contributed by atoms with van der Waals surface area (Å²) in [5.74, 6) is -2.23. The fourth-order valence-corrected chi connectivity index (χ4v) is 4.72. The number of aromatic nitrogens is 1. The van der Waals surface area contributed by atoms with Crippen LogP contribution in [0.15, 0.2) is 72.8 Å². The highest BCUT2D eigenvalue weighted by Crippen LogP contribution is 2.40. The number of halogens is 1. The molecular formula is C31H26ClN3O6. The molecule has 4 aromatic rings. The van der Waals surface area contributed by atoms with E-state index in [-0.39, 0.29) is 24.6 Å². The number of nitrogens with one attached hydrogen (secondary N) is 1. The molecule has 9 nitrogen and oxygen atoms in total.